The molecule has 0 aromatic heterocycles. The van der Waals surface area contributed by atoms with E-state index in [1.54, 1.807) is 35.2 Å². The average Bonchev–Trinajstić information content (AvgIpc) is 3.37. The molecule has 1 unspecified atom stereocenters. The number of fused-ring (bicyclic) bond motifs is 1. The van der Waals surface area contributed by atoms with Crippen LogP contribution in [-0.4, -0.2) is 67.2 Å². The summed E-state index contributed by atoms with van der Waals surface area (Å²) in [6.07, 6.45) is 0.692. The first kappa shape index (κ1) is 22.7. The Balaban J connectivity index is 1.76. The second kappa shape index (κ2) is 9.54. The van der Waals surface area contributed by atoms with E-state index < -0.39 is 17.7 Å². The van der Waals surface area contributed by atoms with Crippen molar-refractivity contribution in [2.24, 2.45) is 0 Å². The fourth-order valence-corrected chi connectivity index (χ4v) is 4.13. The van der Waals surface area contributed by atoms with Crippen LogP contribution < -0.4 is 14.2 Å². The third-order valence-electron chi connectivity index (χ3n) is 5.70. The summed E-state index contributed by atoms with van der Waals surface area (Å²) < 4.78 is 16.3. The lowest BCUT2D eigenvalue weighted by Crippen LogP contribution is -2.32. The Morgan fingerprint density at radius 2 is 1.85 bits per heavy atom. The highest BCUT2D eigenvalue weighted by Crippen LogP contribution is 2.41. The molecular weight excluding hydrogens is 424 g/mol. The van der Waals surface area contributed by atoms with Crippen LogP contribution in [0.1, 0.15) is 30.5 Å². The van der Waals surface area contributed by atoms with Crippen molar-refractivity contribution >= 4 is 17.4 Å². The van der Waals surface area contributed by atoms with Gasteiger partial charge in [-0.3, -0.25) is 9.59 Å². The SMILES string of the molecule is CCOc1ccc(C2/C(=C(/O)c3ccc4c(c3)OCO4)C(=O)C(=O)N2CCCN(C)C)cc1. The molecule has 4 rings (SSSR count). The molecule has 2 aliphatic heterocycles. The smallest absolute Gasteiger partial charge is 0.295 e. The van der Waals surface area contributed by atoms with Crippen LogP contribution in [0.4, 0.5) is 0 Å². The predicted molar refractivity (Wildman–Crippen MR) is 122 cm³/mol. The van der Waals surface area contributed by atoms with E-state index in [9.17, 15) is 14.7 Å². The standard InChI is InChI=1S/C25H28N2O6/c1-4-31-18-9-6-16(7-10-18)22-21(24(29)25(30)27(22)13-5-12-26(2)3)23(28)17-8-11-19-20(14-17)33-15-32-19/h6-11,14,22,28H,4-5,12-13,15H2,1-3H3/b23-21-. The topological polar surface area (TPSA) is 88.5 Å². The summed E-state index contributed by atoms with van der Waals surface area (Å²) in [6.45, 7) is 3.69. The van der Waals surface area contributed by atoms with Gasteiger partial charge in [-0.25, -0.2) is 0 Å². The number of aliphatic hydroxyl groups excluding tert-OH is 1. The first-order valence-corrected chi connectivity index (χ1v) is 11.0. The van der Waals surface area contributed by atoms with Gasteiger partial charge in [0.1, 0.15) is 11.5 Å². The number of benzene rings is 2. The Kier molecular flexibility index (Phi) is 6.55. The van der Waals surface area contributed by atoms with Crippen molar-refractivity contribution in [1.29, 1.82) is 0 Å². The number of nitrogens with zero attached hydrogens (tertiary/aromatic N) is 2. The monoisotopic (exact) mass is 452 g/mol. The molecule has 1 N–H and O–H groups in total. The van der Waals surface area contributed by atoms with Crippen LogP contribution in [0.5, 0.6) is 17.2 Å². The molecule has 0 aliphatic carbocycles. The molecule has 8 nitrogen and oxygen atoms in total. The van der Waals surface area contributed by atoms with Crippen LogP contribution >= 0.6 is 0 Å². The van der Waals surface area contributed by atoms with Crippen molar-refractivity contribution in [2.45, 2.75) is 19.4 Å². The number of carbonyl (C=O) groups excluding carboxylic acids is 2. The normalized spacial score (nSPS) is 18.9. The van der Waals surface area contributed by atoms with Crippen molar-refractivity contribution in [3.63, 3.8) is 0 Å². The van der Waals surface area contributed by atoms with Crippen LogP contribution in [0.25, 0.3) is 5.76 Å². The molecule has 2 aliphatic rings. The van der Waals surface area contributed by atoms with E-state index >= 15 is 0 Å². The highest BCUT2D eigenvalue weighted by Gasteiger charge is 2.45. The number of hydrogen-bond acceptors (Lipinski definition) is 7. The molecule has 1 amide bonds. The minimum absolute atomic E-state index is 0.0629. The van der Waals surface area contributed by atoms with E-state index in [1.807, 2.05) is 38.1 Å². The molecule has 174 valence electrons. The molecule has 2 heterocycles. The van der Waals surface area contributed by atoms with Crippen molar-refractivity contribution in [3.8, 4) is 17.2 Å². The Morgan fingerprint density at radius 3 is 2.55 bits per heavy atom. The first-order valence-electron chi connectivity index (χ1n) is 11.0. The lowest BCUT2D eigenvalue weighted by Gasteiger charge is -2.26. The molecule has 2 aromatic carbocycles. The highest BCUT2D eigenvalue weighted by molar-refractivity contribution is 6.46. The third-order valence-corrected chi connectivity index (χ3v) is 5.70. The third kappa shape index (κ3) is 4.52. The maximum atomic E-state index is 13.1. The number of rotatable bonds is 8. The van der Waals surface area contributed by atoms with Gasteiger partial charge < -0.3 is 29.1 Å². The number of hydrogen-bond donors (Lipinski definition) is 1. The van der Waals surface area contributed by atoms with Gasteiger partial charge in [0.05, 0.1) is 18.2 Å². The van der Waals surface area contributed by atoms with Crippen LogP contribution in [0.15, 0.2) is 48.0 Å². The van der Waals surface area contributed by atoms with Gasteiger partial charge >= 0.3 is 0 Å². The van der Waals surface area contributed by atoms with Crippen LogP contribution in [-0.2, 0) is 9.59 Å². The van der Waals surface area contributed by atoms with Gasteiger partial charge in [0.25, 0.3) is 11.7 Å². The number of ether oxygens (including phenoxy) is 3. The van der Waals surface area contributed by atoms with Crippen molar-refractivity contribution < 1.29 is 28.9 Å². The van der Waals surface area contributed by atoms with E-state index in [0.29, 0.717) is 42.4 Å². The summed E-state index contributed by atoms with van der Waals surface area (Å²) >= 11 is 0. The molecule has 0 radical (unpaired) electrons. The number of aliphatic hydroxyl groups is 1. The quantitative estimate of drug-likeness (QED) is 0.374. The molecule has 8 heteroatoms. The van der Waals surface area contributed by atoms with Crippen molar-refractivity contribution in [2.75, 3.05) is 40.6 Å². The molecule has 1 saturated heterocycles. The molecular formula is C25H28N2O6. The van der Waals surface area contributed by atoms with Crippen LogP contribution in [0, 0.1) is 0 Å². The Hall–Kier alpha value is -3.52. The lowest BCUT2D eigenvalue weighted by molar-refractivity contribution is -0.139. The summed E-state index contributed by atoms with van der Waals surface area (Å²) in [5, 5.41) is 11.2. The van der Waals surface area contributed by atoms with E-state index in [4.69, 9.17) is 14.2 Å². The zero-order valence-corrected chi connectivity index (χ0v) is 19.0. The van der Waals surface area contributed by atoms with Crippen LogP contribution in [0.2, 0.25) is 0 Å². The van der Waals surface area contributed by atoms with Crippen molar-refractivity contribution in [3.05, 3.63) is 59.2 Å². The molecule has 1 atom stereocenters. The zero-order valence-electron chi connectivity index (χ0n) is 19.0. The molecule has 0 spiro atoms. The average molecular weight is 453 g/mol. The fourth-order valence-electron chi connectivity index (χ4n) is 4.13. The Bertz CT molecular complexity index is 1080. The predicted octanol–water partition coefficient (Wildman–Crippen LogP) is 3.19. The van der Waals surface area contributed by atoms with E-state index in [2.05, 4.69) is 0 Å². The lowest BCUT2D eigenvalue weighted by atomic mass is 9.95. The molecule has 33 heavy (non-hydrogen) atoms. The maximum absolute atomic E-state index is 13.1. The second-order valence-corrected chi connectivity index (χ2v) is 8.22. The van der Waals surface area contributed by atoms with Crippen LogP contribution in [0.3, 0.4) is 0 Å². The van der Waals surface area contributed by atoms with Gasteiger partial charge in [0.2, 0.25) is 6.79 Å². The second-order valence-electron chi connectivity index (χ2n) is 8.22. The van der Waals surface area contributed by atoms with E-state index in [0.717, 1.165) is 12.1 Å². The molecule has 1 fully saturated rings. The Morgan fingerprint density at radius 1 is 1.12 bits per heavy atom. The largest absolute Gasteiger partial charge is 0.507 e. The Labute approximate surface area is 193 Å². The highest BCUT2D eigenvalue weighted by atomic mass is 16.7. The molecule has 2 aromatic rings. The summed E-state index contributed by atoms with van der Waals surface area (Å²) in [5.74, 6) is 0.196. The van der Waals surface area contributed by atoms with Gasteiger partial charge in [0.15, 0.2) is 11.5 Å². The number of carbonyl (C=O) groups is 2. The summed E-state index contributed by atoms with van der Waals surface area (Å²) in [4.78, 5) is 29.7. The van der Waals surface area contributed by atoms with Gasteiger partial charge in [-0.05, 0) is 69.9 Å². The zero-order chi connectivity index (χ0) is 23.5. The van der Waals surface area contributed by atoms with Gasteiger partial charge in [-0.15, -0.1) is 0 Å². The first-order chi connectivity index (χ1) is 15.9. The summed E-state index contributed by atoms with van der Waals surface area (Å²) in [7, 11) is 3.91. The number of amides is 1. The number of likely N-dealkylation sites (tertiary alicyclic amines) is 1. The number of ketones is 1. The van der Waals surface area contributed by atoms with Gasteiger partial charge in [0, 0.05) is 12.1 Å². The minimum atomic E-state index is -0.701. The van der Waals surface area contributed by atoms with E-state index in [1.165, 1.54) is 0 Å². The van der Waals surface area contributed by atoms with Gasteiger partial charge in [-0.2, -0.15) is 0 Å². The molecule has 0 saturated carbocycles. The minimum Gasteiger partial charge on any atom is -0.507 e. The van der Waals surface area contributed by atoms with Gasteiger partial charge in [-0.1, -0.05) is 12.1 Å². The maximum Gasteiger partial charge on any atom is 0.295 e. The molecule has 0 bridgehead atoms. The fraction of sp³-hybridized carbons (Fsp3) is 0.360. The summed E-state index contributed by atoms with van der Waals surface area (Å²) in [6, 6.07) is 11.5. The summed E-state index contributed by atoms with van der Waals surface area (Å²) in [5.41, 5.74) is 1.18. The van der Waals surface area contributed by atoms with Crippen molar-refractivity contribution in [1.82, 2.24) is 9.80 Å². The number of Topliss-reactive ketones (excluding diaryl/α,β-unsaturated/α-hetero) is 1. The van der Waals surface area contributed by atoms with E-state index in [-0.39, 0.29) is 18.1 Å².